The van der Waals surface area contributed by atoms with Crippen molar-refractivity contribution in [2.75, 3.05) is 0 Å². The highest BCUT2D eigenvalue weighted by molar-refractivity contribution is 7.83. The van der Waals surface area contributed by atoms with E-state index in [1.54, 1.807) is 0 Å². The van der Waals surface area contributed by atoms with Crippen molar-refractivity contribution in [3.8, 4) is 0 Å². The number of H-pyrrole nitrogens is 1. The average molecular weight is 133 g/mol. The zero-order valence-corrected chi connectivity index (χ0v) is 5.08. The van der Waals surface area contributed by atoms with Crippen LogP contribution in [0.2, 0.25) is 0 Å². The third-order valence-electron chi connectivity index (χ3n) is 0.512. The Labute approximate surface area is 51.3 Å². The van der Waals surface area contributed by atoms with Crippen LogP contribution < -0.4 is 0 Å². The Morgan fingerprint density at radius 1 is 1.14 bits per heavy atom. The second-order valence-electron chi connectivity index (χ2n) is 0.971. The first kappa shape index (κ1) is 4.99. The van der Waals surface area contributed by atoms with E-state index in [4.69, 9.17) is 0 Å². The lowest BCUT2D eigenvalue weighted by molar-refractivity contribution is 0.903. The molecular formula is C2H3N3S2. The number of aromatic nitrogens is 3. The Morgan fingerprint density at radius 2 is 1.57 bits per heavy atom. The fourth-order valence-corrected chi connectivity index (χ4v) is 0.409. The molecule has 0 atom stereocenters. The van der Waals surface area contributed by atoms with Crippen LogP contribution >= 0.6 is 25.3 Å². The maximum absolute atomic E-state index is 3.87. The summed E-state index contributed by atoms with van der Waals surface area (Å²) in [7, 11) is 0. The Hall–Kier alpha value is -0.160. The van der Waals surface area contributed by atoms with Crippen molar-refractivity contribution in [2.24, 2.45) is 0 Å². The van der Waals surface area contributed by atoms with Gasteiger partial charge in [-0.15, -0.1) is 35.5 Å². The lowest BCUT2D eigenvalue weighted by atomic mass is 10.9. The number of nitrogens with one attached hydrogen (secondary N) is 1. The molecule has 0 radical (unpaired) electrons. The summed E-state index contributed by atoms with van der Waals surface area (Å²) < 4.78 is 0. The van der Waals surface area contributed by atoms with Crippen LogP contribution in [-0.4, -0.2) is 15.4 Å². The molecule has 0 aliphatic carbocycles. The minimum atomic E-state index is 0.531. The van der Waals surface area contributed by atoms with Crippen LogP contribution in [-0.2, 0) is 0 Å². The van der Waals surface area contributed by atoms with Crippen molar-refractivity contribution < 1.29 is 0 Å². The zero-order valence-electron chi connectivity index (χ0n) is 3.29. The quantitative estimate of drug-likeness (QED) is 0.448. The molecule has 5 heteroatoms. The van der Waals surface area contributed by atoms with Crippen LogP contribution in [0.5, 0.6) is 0 Å². The second-order valence-corrected chi connectivity index (χ2v) is 1.82. The first-order valence-corrected chi connectivity index (χ1v) is 2.49. The van der Waals surface area contributed by atoms with E-state index in [1.165, 1.54) is 0 Å². The van der Waals surface area contributed by atoms with Gasteiger partial charge in [0.25, 0.3) is 0 Å². The van der Waals surface area contributed by atoms with Crippen LogP contribution in [0, 0.1) is 0 Å². The van der Waals surface area contributed by atoms with Crippen LogP contribution in [0.15, 0.2) is 10.1 Å². The molecule has 1 aromatic rings. The molecule has 0 fully saturated rings. The molecule has 0 aliphatic rings. The maximum atomic E-state index is 3.87. The van der Waals surface area contributed by atoms with E-state index in [0.29, 0.717) is 10.1 Å². The van der Waals surface area contributed by atoms with Gasteiger partial charge < -0.3 is 0 Å². The minimum absolute atomic E-state index is 0.531. The van der Waals surface area contributed by atoms with Gasteiger partial charge in [0.1, 0.15) is 10.1 Å². The predicted molar refractivity (Wildman–Crippen MR) is 30.9 cm³/mol. The highest BCUT2D eigenvalue weighted by Crippen LogP contribution is 2.07. The van der Waals surface area contributed by atoms with E-state index in [-0.39, 0.29) is 0 Å². The number of rotatable bonds is 0. The number of hydrogen-bond acceptors (Lipinski definition) is 4. The van der Waals surface area contributed by atoms with Gasteiger partial charge in [0.05, 0.1) is 0 Å². The van der Waals surface area contributed by atoms with Gasteiger partial charge in [-0.2, -0.15) is 5.21 Å². The zero-order chi connectivity index (χ0) is 5.28. The SMILES string of the molecule is Sc1n[nH]nc1S. The van der Waals surface area contributed by atoms with Crippen LogP contribution in [0.4, 0.5) is 0 Å². The smallest absolute Gasteiger partial charge is 0.149 e. The van der Waals surface area contributed by atoms with E-state index in [2.05, 4.69) is 40.7 Å². The summed E-state index contributed by atoms with van der Waals surface area (Å²) in [6, 6.07) is 0. The van der Waals surface area contributed by atoms with Gasteiger partial charge >= 0.3 is 0 Å². The van der Waals surface area contributed by atoms with E-state index in [1.807, 2.05) is 0 Å². The maximum Gasteiger partial charge on any atom is 0.149 e. The summed E-state index contributed by atoms with van der Waals surface area (Å²) >= 11 is 7.74. The van der Waals surface area contributed by atoms with Crippen molar-refractivity contribution in [1.29, 1.82) is 0 Å². The van der Waals surface area contributed by atoms with Gasteiger partial charge in [-0.25, -0.2) is 0 Å². The lowest BCUT2D eigenvalue weighted by Gasteiger charge is -1.72. The van der Waals surface area contributed by atoms with Crippen molar-refractivity contribution in [3.63, 3.8) is 0 Å². The summed E-state index contributed by atoms with van der Waals surface area (Å²) in [4.78, 5) is 0. The highest BCUT2D eigenvalue weighted by atomic mass is 32.1. The molecule has 1 heterocycles. The third kappa shape index (κ3) is 0.889. The number of hydrogen-bond donors (Lipinski definition) is 3. The molecule has 0 saturated heterocycles. The van der Waals surface area contributed by atoms with Crippen molar-refractivity contribution in [3.05, 3.63) is 0 Å². The molecular weight excluding hydrogens is 130 g/mol. The van der Waals surface area contributed by atoms with E-state index >= 15 is 0 Å². The Balaban J connectivity index is 3.12. The Kier molecular flexibility index (Phi) is 1.25. The molecule has 0 saturated carbocycles. The second kappa shape index (κ2) is 1.75. The monoisotopic (exact) mass is 133 g/mol. The topological polar surface area (TPSA) is 41.6 Å². The molecule has 0 bridgehead atoms. The largest absolute Gasteiger partial charge is 0.196 e. The van der Waals surface area contributed by atoms with Gasteiger partial charge in [-0.1, -0.05) is 0 Å². The molecule has 3 nitrogen and oxygen atoms in total. The summed E-state index contributed by atoms with van der Waals surface area (Å²) in [5.74, 6) is 0. The molecule has 0 aliphatic heterocycles. The molecule has 1 aromatic heterocycles. The summed E-state index contributed by atoms with van der Waals surface area (Å²) in [5, 5.41) is 10.5. The molecule has 7 heavy (non-hydrogen) atoms. The van der Waals surface area contributed by atoms with Gasteiger partial charge in [-0.05, 0) is 0 Å². The highest BCUT2D eigenvalue weighted by Gasteiger charge is 1.92. The fourth-order valence-electron chi connectivity index (χ4n) is 0.220. The van der Waals surface area contributed by atoms with Gasteiger partial charge in [0, 0.05) is 0 Å². The van der Waals surface area contributed by atoms with E-state index in [0.717, 1.165) is 0 Å². The first-order chi connectivity index (χ1) is 3.30. The van der Waals surface area contributed by atoms with Crippen molar-refractivity contribution >= 4 is 25.3 Å². The molecule has 0 amide bonds. The molecule has 1 rings (SSSR count). The summed E-state index contributed by atoms with van der Waals surface area (Å²) in [5.41, 5.74) is 0. The average Bonchev–Trinajstić information content (AvgIpc) is 1.91. The van der Waals surface area contributed by atoms with Gasteiger partial charge in [-0.3, -0.25) is 0 Å². The Bertz CT molecular complexity index is 143. The van der Waals surface area contributed by atoms with Crippen LogP contribution in [0.1, 0.15) is 0 Å². The van der Waals surface area contributed by atoms with Crippen LogP contribution in [0.25, 0.3) is 0 Å². The van der Waals surface area contributed by atoms with Crippen molar-refractivity contribution in [2.45, 2.75) is 10.1 Å². The first-order valence-electron chi connectivity index (χ1n) is 1.59. The normalized spacial score (nSPS) is 9.43. The molecule has 0 spiro atoms. The van der Waals surface area contributed by atoms with Gasteiger partial charge in [0.2, 0.25) is 0 Å². The van der Waals surface area contributed by atoms with E-state index in [9.17, 15) is 0 Å². The number of thiol groups is 2. The summed E-state index contributed by atoms with van der Waals surface area (Å²) in [6.45, 7) is 0. The lowest BCUT2D eigenvalue weighted by Crippen LogP contribution is -1.64. The van der Waals surface area contributed by atoms with Crippen LogP contribution in [0.3, 0.4) is 0 Å². The van der Waals surface area contributed by atoms with Crippen molar-refractivity contribution in [1.82, 2.24) is 15.4 Å². The molecule has 0 unspecified atom stereocenters. The predicted octanol–water partition coefficient (Wildman–Crippen LogP) is 0.382. The molecule has 1 N–H and O–H groups in total. The minimum Gasteiger partial charge on any atom is -0.196 e. The fraction of sp³-hybridized carbons (Fsp3) is 0. The van der Waals surface area contributed by atoms with E-state index < -0.39 is 0 Å². The molecule has 38 valence electrons. The number of nitrogens with zero attached hydrogens (tertiary/aromatic N) is 2. The standard InChI is InChI=1S/C2H3N3S2/c6-1-2(7)4-5-3-1/h(H3,3,4,5,6,7). The molecule has 0 aromatic carbocycles. The summed E-state index contributed by atoms with van der Waals surface area (Å²) in [6.07, 6.45) is 0. The van der Waals surface area contributed by atoms with Gasteiger partial charge in [0.15, 0.2) is 0 Å². The Morgan fingerprint density at radius 3 is 1.71 bits per heavy atom. The number of aromatic amines is 1. The third-order valence-corrected chi connectivity index (χ3v) is 1.31.